The molecule has 0 unspecified atom stereocenters. The quantitative estimate of drug-likeness (QED) is 0.325. The standard InChI is InChI=1S/C39H52N6O6/c1-24-32-22-45(33(24)25(2)46)36(47)34(38(3,4)5)44-37(48)51-39(6)17-11-13-26(39)12-9-7-8-10-14-30-35(50-32)43-31-20-28(15-16-29(31)42-30)49-23-27-21-40-18-19-41-27/h15-16,18-21,24,26,32-34H,7-14,17,22-23H2,1-6H3,(H,44,48)/t24-,26-,32+,33+,34-,39-/m1/s1. The number of nitrogens with zero attached hydrogens (tertiary/aromatic N) is 5. The number of fused-ring (bicyclic) bond motifs is 5. The zero-order valence-corrected chi connectivity index (χ0v) is 30.8. The van der Waals surface area contributed by atoms with Gasteiger partial charge in [0, 0.05) is 24.4 Å². The Morgan fingerprint density at radius 3 is 2.59 bits per heavy atom. The van der Waals surface area contributed by atoms with Crippen LogP contribution in [0.3, 0.4) is 0 Å². The summed E-state index contributed by atoms with van der Waals surface area (Å²) in [6, 6.07) is 3.95. The normalized spacial score (nSPS) is 28.0. The molecule has 3 aliphatic rings. The average Bonchev–Trinajstić information content (AvgIpc) is 3.61. The molecule has 0 radical (unpaired) electrons. The smallest absolute Gasteiger partial charge is 0.408 e. The summed E-state index contributed by atoms with van der Waals surface area (Å²) >= 11 is 0. The van der Waals surface area contributed by atoms with Crippen LogP contribution in [0.1, 0.15) is 104 Å². The minimum Gasteiger partial charge on any atom is -0.487 e. The molecule has 51 heavy (non-hydrogen) atoms. The van der Waals surface area contributed by atoms with Crippen LogP contribution >= 0.6 is 0 Å². The first kappa shape index (κ1) is 36.4. The lowest BCUT2D eigenvalue weighted by Gasteiger charge is -2.37. The van der Waals surface area contributed by atoms with Crippen molar-refractivity contribution in [2.24, 2.45) is 17.3 Å². The van der Waals surface area contributed by atoms with Crippen LogP contribution in [0.4, 0.5) is 4.79 Å². The molecule has 2 aliphatic heterocycles. The van der Waals surface area contributed by atoms with Crippen LogP contribution in [0, 0.1) is 17.3 Å². The maximum absolute atomic E-state index is 14.4. The SMILES string of the molecule is CC(=O)[C@@H]1[C@H](C)[C@@H]2CN1C(=O)[C@H](C(C)(C)C)NC(=O)O[C@]1(C)CCC[C@H]1CCCCCCc1nc3ccc(OCc4cnccn4)cc3nc1O2. The van der Waals surface area contributed by atoms with Gasteiger partial charge in [-0.1, -0.05) is 47.0 Å². The maximum atomic E-state index is 14.4. The molecule has 3 aromatic rings. The largest absolute Gasteiger partial charge is 0.487 e. The Hall–Kier alpha value is -4.35. The van der Waals surface area contributed by atoms with E-state index in [0.717, 1.165) is 62.6 Å². The van der Waals surface area contributed by atoms with E-state index in [1.165, 1.54) is 6.92 Å². The van der Waals surface area contributed by atoms with Crippen LogP contribution in [0.15, 0.2) is 36.8 Å². The molecule has 1 aromatic carbocycles. The molecule has 1 saturated carbocycles. The van der Waals surface area contributed by atoms with E-state index in [2.05, 4.69) is 15.3 Å². The predicted octanol–water partition coefficient (Wildman–Crippen LogP) is 6.39. The molecule has 6 atom stereocenters. The van der Waals surface area contributed by atoms with Crippen molar-refractivity contribution in [2.75, 3.05) is 6.54 Å². The van der Waals surface area contributed by atoms with E-state index >= 15 is 0 Å². The number of carbonyl (C=O) groups is 3. The lowest BCUT2D eigenvalue weighted by Crippen LogP contribution is -2.57. The highest BCUT2D eigenvalue weighted by atomic mass is 16.6. The number of aromatic nitrogens is 4. The third-order valence-corrected chi connectivity index (χ3v) is 10.9. The Morgan fingerprint density at radius 1 is 1.06 bits per heavy atom. The number of alkyl carbamates (subject to hydrolysis) is 1. The van der Waals surface area contributed by atoms with E-state index in [1.54, 1.807) is 23.5 Å². The number of hydrogen-bond acceptors (Lipinski definition) is 10. The fraction of sp³-hybridized carbons (Fsp3) is 0.615. The van der Waals surface area contributed by atoms with E-state index in [0.29, 0.717) is 29.3 Å². The summed E-state index contributed by atoms with van der Waals surface area (Å²) in [7, 11) is 0. The van der Waals surface area contributed by atoms with Gasteiger partial charge in [0.2, 0.25) is 11.8 Å². The number of rotatable bonds is 4. The van der Waals surface area contributed by atoms with Crippen molar-refractivity contribution in [1.29, 1.82) is 0 Å². The first-order chi connectivity index (χ1) is 24.3. The molecule has 12 nitrogen and oxygen atoms in total. The minimum atomic E-state index is -0.917. The summed E-state index contributed by atoms with van der Waals surface area (Å²) < 4.78 is 18.8. The first-order valence-corrected chi connectivity index (χ1v) is 18.5. The van der Waals surface area contributed by atoms with Crippen LogP contribution in [0.2, 0.25) is 0 Å². The van der Waals surface area contributed by atoms with E-state index in [4.69, 9.17) is 24.2 Å². The van der Waals surface area contributed by atoms with Gasteiger partial charge in [0.25, 0.3) is 0 Å². The van der Waals surface area contributed by atoms with Gasteiger partial charge >= 0.3 is 6.09 Å². The van der Waals surface area contributed by atoms with Gasteiger partial charge in [-0.2, -0.15) is 0 Å². The molecular weight excluding hydrogens is 648 g/mol. The van der Waals surface area contributed by atoms with Gasteiger partial charge in [-0.25, -0.2) is 14.8 Å². The van der Waals surface area contributed by atoms with Crippen molar-refractivity contribution < 1.29 is 28.6 Å². The second kappa shape index (κ2) is 15.1. The summed E-state index contributed by atoms with van der Waals surface area (Å²) in [6.07, 6.45) is 12.3. The van der Waals surface area contributed by atoms with Crippen molar-refractivity contribution in [3.05, 3.63) is 48.2 Å². The van der Waals surface area contributed by atoms with Gasteiger partial charge in [0.15, 0.2) is 5.78 Å². The fourth-order valence-electron chi connectivity index (χ4n) is 8.03. The van der Waals surface area contributed by atoms with Crippen molar-refractivity contribution >= 4 is 28.8 Å². The van der Waals surface area contributed by atoms with Gasteiger partial charge < -0.3 is 24.4 Å². The number of nitrogens with one attached hydrogen (secondary N) is 1. The summed E-state index contributed by atoms with van der Waals surface area (Å²) in [5.41, 5.74) is 1.56. The molecule has 2 aromatic heterocycles. The molecule has 274 valence electrons. The number of hydrogen-bond donors (Lipinski definition) is 1. The van der Waals surface area contributed by atoms with Crippen LogP contribution in [0.5, 0.6) is 11.6 Å². The lowest BCUT2D eigenvalue weighted by molar-refractivity contribution is -0.141. The number of aryl methyl sites for hydroxylation is 1. The van der Waals surface area contributed by atoms with Crippen molar-refractivity contribution in [1.82, 2.24) is 30.2 Å². The average molecular weight is 701 g/mol. The number of ether oxygens (including phenoxy) is 3. The molecular formula is C39H52N6O6. The van der Waals surface area contributed by atoms with E-state index in [-0.39, 0.29) is 36.7 Å². The van der Waals surface area contributed by atoms with Gasteiger partial charge in [-0.05, 0) is 75.8 Å². The molecule has 4 heterocycles. The highest BCUT2D eigenvalue weighted by Gasteiger charge is 2.50. The molecule has 1 N–H and O–H groups in total. The molecule has 2 bridgehead atoms. The van der Waals surface area contributed by atoms with Crippen molar-refractivity contribution in [3.8, 4) is 11.6 Å². The summed E-state index contributed by atoms with van der Waals surface area (Å²) in [6.45, 7) is 11.6. The molecule has 2 amide bonds. The van der Waals surface area contributed by atoms with E-state index in [1.807, 2.05) is 52.8 Å². The predicted molar refractivity (Wildman–Crippen MR) is 191 cm³/mol. The second-order valence-corrected chi connectivity index (χ2v) is 15.9. The fourth-order valence-corrected chi connectivity index (χ4v) is 8.03. The highest BCUT2D eigenvalue weighted by molar-refractivity contribution is 5.92. The topological polar surface area (TPSA) is 146 Å². The molecule has 1 aliphatic carbocycles. The van der Waals surface area contributed by atoms with Crippen LogP contribution in [-0.4, -0.2) is 73.0 Å². The van der Waals surface area contributed by atoms with Gasteiger partial charge in [0.1, 0.15) is 35.8 Å². The number of Topliss-reactive ketones (excluding diaryl/α,β-unsaturated/α-hetero) is 1. The molecule has 12 heteroatoms. The monoisotopic (exact) mass is 700 g/mol. The molecule has 1 saturated heterocycles. The second-order valence-electron chi connectivity index (χ2n) is 15.9. The van der Waals surface area contributed by atoms with Crippen LogP contribution in [0.25, 0.3) is 11.0 Å². The lowest BCUT2D eigenvalue weighted by atomic mass is 9.85. The van der Waals surface area contributed by atoms with Gasteiger partial charge in [-0.15, -0.1) is 0 Å². The molecule has 2 fully saturated rings. The Labute approximate surface area is 300 Å². The third-order valence-electron chi connectivity index (χ3n) is 10.9. The maximum Gasteiger partial charge on any atom is 0.408 e. The zero-order valence-electron chi connectivity index (χ0n) is 30.8. The van der Waals surface area contributed by atoms with E-state index < -0.39 is 35.3 Å². The highest BCUT2D eigenvalue weighted by Crippen LogP contribution is 2.42. The molecule has 6 rings (SSSR count). The Kier molecular flexibility index (Phi) is 10.8. The zero-order chi connectivity index (χ0) is 36.3. The summed E-state index contributed by atoms with van der Waals surface area (Å²) in [5, 5.41) is 2.93. The van der Waals surface area contributed by atoms with Gasteiger partial charge in [-0.3, -0.25) is 19.6 Å². The van der Waals surface area contributed by atoms with Crippen molar-refractivity contribution in [3.63, 3.8) is 0 Å². The van der Waals surface area contributed by atoms with Gasteiger partial charge in [0.05, 0.1) is 35.5 Å². The number of amides is 2. The van der Waals surface area contributed by atoms with Crippen LogP contribution in [-0.2, 0) is 27.4 Å². The minimum absolute atomic E-state index is 0.143. The Morgan fingerprint density at radius 2 is 1.84 bits per heavy atom. The Balaban J connectivity index is 1.33. The summed E-state index contributed by atoms with van der Waals surface area (Å²) in [4.78, 5) is 61.1. The number of benzene rings is 1. The number of carbonyl (C=O) groups excluding carboxylic acids is 3. The van der Waals surface area contributed by atoms with Crippen molar-refractivity contribution in [2.45, 2.75) is 130 Å². The number of ketones is 1. The summed E-state index contributed by atoms with van der Waals surface area (Å²) in [5.74, 6) is 0.454. The Bertz CT molecular complexity index is 1730. The van der Waals surface area contributed by atoms with E-state index in [9.17, 15) is 14.4 Å². The molecule has 0 spiro atoms. The third kappa shape index (κ3) is 8.25. The first-order valence-electron chi connectivity index (χ1n) is 18.5. The van der Waals surface area contributed by atoms with Crippen LogP contribution < -0.4 is 14.8 Å².